The molecule has 10 rings (SSSR count). The Morgan fingerprint density at radius 2 is 1.36 bits per heavy atom. The number of hydrogen-bond donors (Lipinski definition) is 10. The van der Waals surface area contributed by atoms with Crippen LogP contribution in [0.1, 0.15) is 69.6 Å². The molecule has 7 aromatic rings. The molecule has 2 aliphatic heterocycles. The topological polar surface area (TPSA) is 317 Å². The SMILES string of the molecule is CCCNC(N)=O.CCl.CNc1ccc2[nH]c(C(=O)N3CCc4c3cc(OC(=O)N3CCN(C)CC3)c3ccccc43)cc2c1.NC(=O)NCCCC(NCCNC(=O)OCC1c2ccccc2-c2ccccc21)C(=O)NCC(=O)Nc1ccc(C=O)cc1. The van der Waals surface area contributed by atoms with E-state index >= 15 is 0 Å². The average molecular weight is 1240 g/mol. The van der Waals surface area contributed by atoms with Crippen LogP contribution in [-0.4, -0.2) is 162 Å². The Hall–Kier alpha value is -9.71. The van der Waals surface area contributed by atoms with Crippen molar-refractivity contribution >= 4 is 98.6 Å². The molecule has 89 heavy (non-hydrogen) atoms. The number of amides is 9. The second-order valence-electron chi connectivity index (χ2n) is 21.0. The molecule has 1 fully saturated rings. The second kappa shape index (κ2) is 33.4. The van der Waals surface area contributed by atoms with E-state index in [-0.39, 0.29) is 50.7 Å². The maximum absolute atomic E-state index is 13.6. The van der Waals surface area contributed by atoms with Crippen LogP contribution in [0.3, 0.4) is 0 Å². The van der Waals surface area contributed by atoms with Crippen LogP contribution in [0.4, 0.5) is 36.2 Å². The summed E-state index contributed by atoms with van der Waals surface area (Å²) in [7, 11) is 3.93. The van der Waals surface area contributed by atoms with Gasteiger partial charge in [0.15, 0.2) is 0 Å². The number of alkyl carbamates (subject to hydrolysis) is 1. The molecular formula is C65H78ClN13O10. The number of halogens is 1. The van der Waals surface area contributed by atoms with E-state index in [1.807, 2.05) is 105 Å². The first kappa shape index (κ1) is 66.8. The molecule has 1 aliphatic carbocycles. The summed E-state index contributed by atoms with van der Waals surface area (Å²) in [4.78, 5) is 105. The van der Waals surface area contributed by atoms with E-state index in [1.165, 1.54) is 6.38 Å². The first-order chi connectivity index (χ1) is 43.1. The molecule has 3 aliphatic rings. The van der Waals surface area contributed by atoms with Crippen LogP contribution in [0.5, 0.6) is 5.75 Å². The van der Waals surface area contributed by atoms with Crippen molar-refractivity contribution in [3.8, 4) is 16.9 Å². The molecule has 1 atom stereocenters. The quantitative estimate of drug-likeness (QED) is 0.0199. The number of nitrogens with zero attached hydrogens (tertiary/aromatic N) is 3. The number of urea groups is 2. The molecule has 1 saturated heterocycles. The number of piperazine rings is 1. The van der Waals surface area contributed by atoms with Gasteiger partial charge in [0.05, 0.1) is 18.3 Å². The molecule has 23 nitrogen and oxygen atoms in total. The summed E-state index contributed by atoms with van der Waals surface area (Å²) in [5.74, 6) is -0.521. The number of carbonyl (C=O) groups excluding carboxylic acids is 8. The summed E-state index contributed by atoms with van der Waals surface area (Å²) < 4.78 is 11.5. The maximum atomic E-state index is 13.6. The van der Waals surface area contributed by atoms with Gasteiger partial charge >= 0.3 is 24.2 Å². The molecule has 0 spiro atoms. The minimum absolute atomic E-state index is 0.0544. The van der Waals surface area contributed by atoms with Crippen molar-refractivity contribution in [2.45, 2.75) is 44.6 Å². The van der Waals surface area contributed by atoms with Crippen molar-refractivity contribution in [3.63, 3.8) is 0 Å². The predicted molar refractivity (Wildman–Crippen MR) is 347 cm³/mol. The Morgan fingerprint density at radius 1 is 0.719 bits per heavy atom. The molecule has 1 unspecified atom stereocenters. The van der Waals surface area contributed by atoms with Gasteiger partial charge in [-0.05, 0) is 114 Å². The fourth-order valence-corrected chi connectivity index (χ4v) is 10.5. The third kappa shape index (κ3) is 18.4. The summed E-state index contributed by atoms with van der Waals surface area (Å²) in [6.07, 6.45) is 3.72. The Balaban J connectivity index is 0.000000226. The number of benzene rings is 6. The summed E-state index contributed by atoms with van der Waals surface area (Å²) in [5.41, 5.74) is 19.7. The van der Waals surface area contributed by atoms with Crippen molar-refractivity contribution < 1.29 is 47.8 Å². The number of aromatic amines is 1. The minimum Gasteiger partial charge on any atom is -0.449 e. The Morgan fingerprint density at radius 3 is 2.00 bits per heavy atom. The fourth-order valence-electron chi connectivity index (χ4n) is 10.5. The lowest BCUT2D eigenvalue weighted by atomic mass is 9.98. The van der Waals surface area contributed by atoms with Gasteiger partial charge in [-0.15, -0.1) is 11.6 Å². The first-order valence-electron chi connectivity index (χ1n) is 29.4. The minimum atomic E-state index is -0.700. The monoisotopic (exact) mass is 1240 g/mol. The number of rotatable bonds is 20. The van der Waals surface area contributed by atoms with Gasteiger partial charge in [0.2, 0.25) is 11.8 Å². The Labute approximate surface area is 521 Å². The van der Waals surface area contributed by atoms with Gasteiger partial charge in [0, 0.05) is 118 Å². The number of aldehydes is 1. The molecule has 1 aromatic heterocycles. The van der Waals surface area contributed by atoms with E-state index in [4.69, 9.17) is 20.9 Å². The van der Waals surface area contributed by atoms with Gasteiger partial charge in [0.25, 0.3) is 5.91 Å². The number of carbonyl (C=O) groups is 8. The number of nitrogens with one attached hydrogen (secondary N) is 8. The lowest BCUT2D eigenvalue weighted by Crippen LogP contribution is -2.48. The van der Waals surface area contributed by atoms with E-state index in [0.717, 1.165) is 86.8 Å². The maximum Gasteiger partial charge on any atom is 0.415 e. The van der Waals surface area contributed by atoms with Crippen LogP contribution >= 0.6 is 11.6 Å². The Bertz CT molecular complexity index is 3550. The average Bonchev–Trinajstić information content (AvgIpc) is 1.74. The lowest BCUT2D eigenvalue weighted by molar-refractivity contribution is -0.125. The number of ether oxygens (including phenoxy) is 2. The fraction of sp³-hybridized carbons (Fsp3) is 0.323. The smallest absolute Gasteiger partial charge is 0.415 e. The second-order valence-corrected chi connectivity index (χ2v) is 21.0. The van der Waals surface area contributed by atoms with Crippen LogP contribution in [0.2, 0.25) is 0 Å². The summed E-state index contributed by atoms with van der Waals surface area (Å²) in [6.45, 7) is 6.77. The highest BCUT2D eigenvalue weighted by Gasteiger charge is 2.32. The molecular weight excluding hydrogens is 1160 g/mol. The van der Waals surface area contributed by atoms with Crippen LogP contribution < -0.4 is 58.3 Å². The Kier molecular flexibility index (Phi) is 25.1. The van der Waals surface area contributed by atoms with Gasteiger partial charge in [-0.1, -0.05) is 79.7 Å². The largest absolute Gasteiger partial charge is 0.449 e. The van der Waals surface area contributed by atoms with Gasteiger partial charge in [-0.3, -0.25) is 19.2 Å². The van der Waals surface area contributed by atoms with E-state index in [2.05, 4.69) is 77.9 Å². The first-order valence-corrected chi connectivity index (χ1v) is 30.1. The molecule has 470 valence electrons. The number of fused-ring (bicyclic) bond motifs is 7. The number of anilines is 3. The van der Waals surface area contributed by atoms with Crippen molar-refractivity contribution in [1.29, 1.82) is 0 Å². The van der Waals surface area contributed by atoms with Crippen molar-refractivity contribution in [2.24, 2.45) is 11.5 Å². The highest BCUT2D eigenvalue weighted by Crippen LogP contribution is 2.45. The van der Waals surface area contributed by atoms with Crippen molar-refractivity contribution in [2.75, 3.05) is 108 Å². The molecule has 24 heteroatoms. The van der Waals surface area contributed by atoms with E-state index < -0.39 is 36.0 Å². The molecule has 6 aromatic carbocycles. The summed E-state index contributed by atoms with van der Waals surface area (Å²) in [6, 6.07) is 38.3. The van der Waals surface area contributed by atoms with Gasteiger partial charge in [-0.25, -0.2) is 19.2 Å². The van der Waals surface area contributed by atoms with Crippen LogP contribution in [0.15, 0.2) is 127 Å². The highest BCUT2D eigenvalue weighted by atomic mass is 35.5. The van der Waals surface area contributed by atoms with Gasteiger partial charge in [-0.2, -0.15) is 0 Å². The molecule has 0 radical (unpaired) electrons. The van der Waals surface area contributed by atoms with Crippen LogP contribution in [-0.2, 0) is 20.7 Å². The molecule has 0 saturated carbocycles. The molecule has 0 bridgehead atoms. The number of aromatic nitrogens is 1. The van der Waals surface area contributed by atoms with Crippen molar-refractivity contribution in [1.82, 2.24) is 41.4 Å². The number of hydrogen-bond acceptors (Lipinski definition) is 13. The number of nitrogens with two attached hydrogens (primary N) is 2. The van der Waals surface area contributed by atoms with E-state index in [0.29, 0.717) is 68.0 Å². The zero-order valence-electron chi connectivity index (χ0n) is 50.4. The van der Waals surface area contributed by atoms with E-state index in [9.17, 15) is 38.4 Å². The predicted octanol–water partition coefficient (Wildman–Crippen LogP) is 7.73. The number of primary amides is 2. The highest BCUT2D eigenvalue weighted by molar-refractivity contribution is 6.15. The van der Waals surface area contributed by atoms with Crippen LogP contribution in [0.25, 0.3) is 32.8 Å². The third-order valence-electron chi connectivity index (χ3n) is 15.0. The zero-order chi connectivity index (χ0) is 63.8. The normalized spacial score (nSPS) is 13.2. The zero-order valence-corrected chi connectivity index (χ0v) is 51.2. The summed E-state index contributed by atoms with van der Waals surface area (Å²) in [5, 5.41) is 22.0. The van der Waals surface area contributed by atoms with Gasteiger partial charge < -0.3 is 77.8 Å². The van der Waals surface area contributed by atoms with Crippen molar-refractivity contribution in [3.05, 3.63) is 155 Å². The van der Waals surface area contributed by atoms with E-state index in [1.54, 1.807) is 34.1 Å². The molecule has 12 N–H and O–H groups in total. The summed E-state index contributed by atoms with van der Waals surface area (Å²) >= 11 is 4.64. The lowest BCUT2D eigenvalue weighted by Gasteiger charge is -2.31. The van der Waals surface area contributed by atoms with Crippen LogP contribution in [0, 0.1) is 0 Å². The third-order valence-corrected chi connectivity index (χ3v) is 15.0. The molecule has 9 amide bonds. The number of likely N-dealkylation sites (N-methyl/N-ethyl adjacent to an activating group) is 1. The molecule has 3 heterocycles. The number of H-pyrrole nitrogens is 1. The van der Waals surface area contributed by atoms with Gasteiger partial charge in [0.1, 0.15) is 24.3 Å². The standard InChI is InChI=1S/C32H36N6O6.C28H29N5O3.C4H10N2O.CH3Cl/c33-31(42)35-15-5-10-28(30(41)37-18-29(40)38-22-13-11-21(19-39)12-14-22)34-16-17-36-32(43)44-20-27-25-8-3-1-6-23(25)24-7-2-4-9-26(24)27;1-29-19-7-8-23-18(15-19)16-24(30-23)27(34)33-10-9-21-20-5-3-4-6-22(20)26(17-25(21)33)36-28(35)32-13-11-31(2)12-14-32;1-2-3-6-4(5)7;1-2/h1-4,6-9,11-14,19,27-28,34H,5,10,15-18,20H2,(H,36,43)(H,37,41)(H,38,40)(H3,33,35,42);3-8,15-17,29-30H,9-14H2,1-2H3;2-3H2,1H3,(H3,5,6,7);1H3. The number of alkyl halides is 1.